The van der Waals surface area contributed by atoms with Crippen molar-refractivity contribution in [3.63, 3.8) is 0 Å². The summed E-state index contributed by atoms with van der Waals surface area (Å²) in [6.45, 7) is 3.80. The SMILES string of the molecule is Cc1nn(C)cc1-c1cc(C(=O)N[C@@H](C)CCc2ccc(F)cc2)on1. The third kappa shape index (κ3) is 4.17. The molecule has 0 saturated carbocycles. The zero-order valence-electron chi connectivity index (χ0n) is 15.0. The number of carbonyl (C=O) groups excluding carboxylic acids is 1. The van der Waals surface area contributed by atoms with Gasteiger partial charge in [0.2, 0.25) is 5.76 Å². The Bertz CT molecular complexity index is 899. The number of hydrogen-bond acceptors (Lipinski definition) is 4. The summed E-state index contributed by atoms with van der Waals surface area (Å²) in [5.41, 5.74) is 3.27. The molecular formula is C19H21FN4O2. The van der Waals surface area contributed by atoms with Crippen molar-refractivity contribution >= 4 is 5.91 Å². The minimum Gasteiger partial charge on any atom is -0.350 e. The summed E-state index contributed by atoms with van der Waals surface area (Å²) in [5.74, 6) is -0.395. The van der Waals surface area contributed by atoms with E-state index in [1.165, 1.54) is 12.1 Å². The van der Waals surface area contributed by atoms with Gasteiger partial charge in [-0.3, -0.25) is 9.48 Å². The second kappa shape index (κ2) is 7.51. The molecule has 0 aliphatic carbocycles. The molecule has 2 aromatic heterocycles. The lowest BCUT2D eigenvalue weighted by Crippen LogP contribution is -2.32. The molecule has 0 aliphatic rings. The normalized spacial score (nSPS) is 12.2. The third-order valence-corrected chi connectivity index (χ3v) is 4.18. The Morgan fingerprint density at radius 1 is 1.35 bits per heavy atom. The lowest BCUT2D eigenvalue weighted by Gasteiger charge is -2.12. The van der Waals surface area contributed by atoms with Crippen molar-refractivity contribution in [2.75, 3.05) is 0 Å². The van der Waals surface area contributed by atoms with Crippen LogP contribution in [0.4, 0.5) is 4.39 Å². The Labute approximate surface area is 151 Å². The first-order valence-corrected chi connectivity index (χ1v) is 8.45. The lowest BCUT2D eigenvalue weighted by atomic mass is 10.1. The summed E-state index contributed by atoms with van der Waals surface area (Å²) in [4.78, 5) is 12.3. The van der Waals surface area contributed by atoms with Gasteiger partial charge in [-0.25, -0.2) is 4.39 Å². The number of amides is 1. The number of halogens is 1. The largest absolute Gasteiger partial charge is 0.350 e. The predicted molar refractivity (Wildman–Crippen MR) is 95.1 cm³/mol. The standard InChI is InChI=1S/C19H21FN4O2/c1-12(4-5-14-6-8-15(20)9-7-14)21-19(25)18-10-17(23-26-18)16-11-24(3)22-13(16)2/h6-12H,4-5H2,1-3H3,(H,21,25)/t12-/m0/s1. The van der Waals surface area contributed by atoms with E-state index in [4.69, 9.17) is 4.52 Å². The van der Waals surface area contributed by atoms with Crippen LogP contribution in [-0.4, -0.2) is 26.9 Å². The van der Waals surface area contributed by atoms with E-state index >= 15 is 0 Å². The van der Waals surface area contributed by atoms with Crippen molar-refractivity contribution in [2.45, 2.75) is 32.7 Å². The molecular weight excluding hydrogens is 335 g/mol. The van der Waals surface area contributed by atoms with Gasteiger partial charge in [-0.15, -0.1) is 0 Å². The molecule has 1 N–H and O–H groups in total. The molecule has 3 aromatic rings. The van der Waals surface area contributed by atoms with E-state index in [0.29, 0.717) is 5.69 Å². The highest BCUT2D eigenvalue weighted by atomic mass is 19.1. The fourth-order valence-electron chi connectivity index (χ4n) is 2.76. The molecule has 1 atom stereocenters. The lowest BCUT2D eigenvalue weighted by molar-refractivity contribution is 0.0901. The van der Waals surface area contributed by atoms with Gasteiger partial charge in [0, 0.05) is 30.9 Å². The van der Waals surface area contributed by atoms with E-state index in [9.17, 15) is 9.18 Å². The summed E-state index contributed by atoms with van der Waals surface area (Å²) in [7, 11) is 1.83. The molecule has 0 aliphatic heterocycles. The highest BCUT2D eigenvalue weighted by Gasteiger charge is 2.18. The first kappa shape index (κ1) is 17.8. The van der Waals surface area contributed by atoms with Gasteiger partial charge in [0.15, 0.2) is 0 Å². The van der Waals surface area contributed by atoms with Crippen molar-refractivity contribution in [1.29, 1.82) is 0 Å². The summed E-state index contributed by atoms with van der Waals surface area (Å²) in [6.07, 6.45) is 3.32. The Kier molecular flexibility index (Phi) is 5.16. The Balaban J connectivity index is 1.57. The maximum atomic E-state index is 12.9. The molecule has 7 heteroatoms. The quantitative estimate of drug-likeness (QED) is 0.736. The van der Waals surface area contributed by atoms with Gasteiger partial charge in [0.05, 0.1) is 5.69 Å². The number of carbonyl (C=O) groups is 1. The molecule has 0 radical (unpaired) electrons. The number of benzene rings is 1. The van der Waals surface area contributed by atoms with Crippen LogP contribution in [0.25, 0.3) is 11.3 Å². The van der Waals surface area contributed by atoms with E-state index in [2.05, 4.69) is 15.6 Å². The van der Waals surface area contributed by atoms with Crippen LogP contribution in [-0.2, 0) is 13.5 Å². The van der Waals surface area contributed by atoms with Crippen LogP contribution in [0.2, 0.25) is 0 Å². The summed E-state index contributed by atoms with van der Waals surface area (Å²) >= 11 is 0. The monoisotopic (exact) mass is 356 g/mol. The minimum atomic E-state index is -0.308. The van der Waals surface area contributed by atoms with Crippen molar-refractivity contribution in [2.24, 2.45) is 7.05 Å². The molecule has 6 nitrogen and oxygen atoms in total. The molecule has 3 rings (SSSR count). The van der Waals surface area contributed by atoms with Gasteiger partial charge in [-0.05, 0) is 44.4 Å². The molecule has 1 aromatic carbocycles. The number of aryl methyl sites for hydroxylation is 3. The fourth-order valence-corrected chi connectivity index (χ4v) is 2.76. The van der Waals surface area contributed by atoms with Crippen LogP contribution in [0, 0.1) is 12.7 Å². The Hall–Kier alpha value is -2.96. The summed E-state index contributed by atoms with van der Waals surface area (Å²) < 4.78 is 19.8. The number of hydrogen-bond donors (Lipinski definition) is 1. The summed E-state index contributed by atoms with van der Waals surface area (Å²) in [6, 6.07) is 7.95. The zero-order valence-corrected chi connectivity index (χ0v) is 15.0. The average Bonchev–Trinajstić information content (AvgIpc) is 3.20. The highest BCUT2D eigenvalue weighted by molar-refractivity contribution is 5.92. The van der Waals surface area contributed by atoms with Crippen molar-refractivity contribution in [3.8, 4) is 11.3 Å². The van der Waals surface area contributed by atoms with Crippen LogP contribution in [0.5, 0.6) is 0 Å². The van der Waals surface area contributed by atoms with Gasteiger partial charge in [0.25, 0.3) is 5.91 Å². The third-order valence-electron chi connectivity index (χ3n) is 4.18. The van der Waals surface area contributed by atoms with Crippen LogP contribution in [0.1, 0.15) is 35.2 Å². The second-order valence-corrected chi connectivity index (χ2v) is 6.42. The number of nitrogens with zero attached hydrogens (tertiary/aromatic N) is 3. The second-order valence-electron chi connectivity index (χ2n) is 6.42. The maximum Gasteiger partial charge on any atom is 0.290 e. The van der Waals surface area contributed by atoms with Gasteiger partial charge >= 0.3 is 0 Å². The first-order chi connectivity index (χ1) is 12.4. The van der Waals surface area contributed by atoms with E-state index in [1.54, 1.807) is 22.9 Å². The van der Waals surface area contributed by atoms with E-state index in [1.807, 2.05) is 27.1 Å². The predicted octanol–water partition coefficient (Wildman–Crippen LogP) is 3.27. The summed E-state index contributed by atoms with van der Waals surface area (Å²) in [5, 5.41) is 11.1. The molecule has 0 unspecified atom stereocenters. The van der Waals surface area contributed by atoms with Crippen molar-refractivity contribution in [1.82, 2.24) is 20.3 Å². The molecule has 2 heterocycles. The topological polar surface area (TPSA) is 73.0 Å². The molecule has 136 valence electrons. The van der Waals surface area contributed by atoms with Crippen molar-refractivity contribution in [3.05, 3.63) is 59.4 Å². The van der Waals surface area contributed by atoms with Gasteiger partial charge in [-0.1, -0.05) is 17.3 Å². The molecule has 0 fully saturated rings. The maximum absolute atomic E-state index is 12.9. The van der Waals surface area contributed by atoms with E-state index < -0.39 is 0 Å². The van der Waals surface area contributed by atoms with Crippen LogP contribution < -0.4 is 5.32 Å². The smallest absolute Gasteiger partial charge is 0.290 e. The molecule has 0 bridgehead atoms. The van der Waals surface area contributed by atoms with E-state index in [0.717, 1.165) is 29.7 Å². The molecule has 26 heavy (non-hydrogen) atoms. The van der Waals surface area contributed by atoms with Gasteiger partial charge in [-0.2, -0.15) is 5.10 Å². The molecule has 0 saturated heterocycles. The van der Waals surface area contributed by atoms with Crippen LogP contribution >= 0.6 is 0 Å². The first-order valence-electron chi connectivity index (χ1n) is 8.45. The molecule has 0 spiro atoms. The van der Waals surface area contributed by atoms with Crippen molar-refractivity contribution < 1.29 is 13.7 Å². The Morgan fingerprint density at radius 3 is 2.73 bits per heavy atom. The van der Waals surface area contributed by atoms with E-state index in [-0.39, 0.29) is 23.5 Å². The zero-order chi connectivity index (χ0) is 18.7. The Morgan fingerprint density at radius 2 is 2.08 bits per heavy atom. The molecule has 1 amide bonds. The van der Waals surface area contributed by atoms with Crippen LogP contribution in [0.3, 0.4) is 0 Å². The highest BCUT2D eigenvalue weighted by Crippen LogP contribution is 2.22. The van der Waals surface area contributed by atoms with Gasteiger partial charge < -0.3 is 9.84 Å². The van der Waals surface area contributed by atoms with Crippen LogP contribution in [0.15, 0.2) is 41.1 Å². The fraction of sp³-hybridized carbons (Fsp3) is 0.316. The minimum absolute atomic E-state index is 0.0544. The number of rotatable bonds is 6. The number of nitrogens with one attached hydrogen (secondary N) is 1. The number of aromatic nitrogens is 3. The average molecular weight is 356 g/mol. The van der Waals surface area contributed by atoms with Gasteiger partial charge in [0.1, 0.15) is 11.5 Å².